The van der Waals surface area contributed by atoms with Crippen LogP contribution in [0.2, 0.25) is 0 Å². The van der Waals surface area contributed by atoms with Gasteiger partial charge in [0.2, 0.25) is 0 Å². The Morgan fingerprint density at radius 3 is 0.400 bits per heavy atom. The summed E-state index contributed by atoms with van der Waals surface area (Å²) >= 11 is 0. The molecule has 5 heavy (non-hydrogen) atoms. The third kappa shape index (κ3) is 21.3. The third-order valence-electron chi connectivity index (χ3n) is 0. The molecule has 0 amide bonds. The first-order chi connectivity index (χ1) is 0. The molecule has 0 fully saturated rings. The summed E-state index contributed by atoms with van der Waals surface area (Å²) in [6.45, 7) is 0. The zero-order valence-corrected chi connectivity index (χ0v) is 10.2. The minimum Gasteiger partial charge on any atom is -0.114 e. The maximum absolute atomic E-state index is 0. The van der Waals surface area contributed by atoms with Gasteiger partial charge in [-0.1, -0.05) is 0 Å². The average Bonchev–Trinajstić information content (AvgIpc) is 0. The van der Waals surface area contributed by atoms with Crippen LogP contribution in [0.3, 0.4) is 0 Å². The minimum atomic E-state index is 0. The van der Waals surface area contributed by atoms with Crippen LogP contribution >= 0.6 is 67.9 Å². The summed E-state index contributed by atoms with van der Waals surface area (Å²) in [7, 11) is 0. The van der Waals surface area contributed by atoms with E-state index in [1.165, 1.54) is 0 Å². The smallest absolute Gasteiger partial charge is 0 e. The van der Waals surface area contributed by atoms with Gasteiger partial charge in [-0.3, -0.25) is 0 Å². The van der Waals surface area contributed by atoms with Crippen molar-refractivity contribution in [3.05, 3.63) is 0 Å². The molecule has 0 N–H and O–H groups in total. The first-order valence-corrected chi connectivity index (χ1v) is 0. The standard InChI is InChI=1S/4BrH.Cr/h4*1H;. The zero-order valence-electron chi connectivity index (χ0n) is 2.04. The van der Waals surface area contributed by atoms with Crippen molar-refractivity contribution in [2.45, 2.75) is 0 Å². The van der Waals surface area contributed by atoms with Crippen LogP contribution in [0.15, 0.2) is 0 Å². The summed E-state index contributed by atoms with van der Waals surface area (Å²) in [4.78, 5) is 0. The summed E-state index contributed by atoms with van der Waals surface area (Å²) in [6.07, 6.45) is 0. The molecule has 0 aromatic rings. The van der Waals surface area contributed by atoms with E-state index in [-0.39, 0.29) is 85.3 Å². The number of halogens is 4. The van der Waals surface area contributed by atoms with Gasteiger partial charge in [0.1, 0.15) is 0 Å². The fourth-order valence-electron chi connectivity index (χ4n) is 0. The van der Waals surface area contributed by atoms with Gasteiger partial charge in [-0.25, -0.2) is 0 Å². The molecule has 0 spiro atoms. The molecule has 0 aromatic heterocycles. The van der Waals surface area contributed by atoms with Gasteiger partial charge in [0.05, 0.1) is 0 Å². The normalized spacial score (nSPS) is 0. The SMILES string of the molecule is Br.Br.Br.Br.[Cr]. The zero-order chi connectivity index (χ0) is 0. The number of hydrogen-bond acceptors (Lipinski definition) is 0. The Kier molecular flexibility index (Phi) is 329. The molecule has 0 radical (unpaired) electrons. The van der Waals surface area contributed by atoms with Gasteiger partial charge in [-0.2, -0.15) is 0 Å². The van der Waals surface area contributed by atoms with Crippen molar-refractivity contribution in [1.82, 2.24) is 0 Å². The summed E-state index contributed by atoms with van der Waals surface area (Å²) in [6, 6.07) is 0. The second-order valence-electron chi connectivity index (χ2n) is 0. The molecule has 0 nitrogen and oxygen atoms in total. The van der Waals surface area contributed by atoms with Crippen molar-refractivity contribution in [3.8, 4) is 0 Å². The van der Waals surface area contributed by atoms with Crippen molar-refractivity contribution in [3.63, 3.8) is 0 Å². The minimum absolute atomic E-state index is 0. The fraction of sp³-hybridized carbons (Fsp3) is 0. The van der Waals surface area contributed by atoms with Crippen molar-refractivity contribution in [2.24, 2.45) is 0 Å². The predicted molar refractivity (Wildman–Crippen MR) is 41.3 cm³/mol. The van der Waals surface area contributed by atoms with Crippen LogP contribution in [-0.2, 0) is 17.4 Å². The number of rotatable bonds is 0. The maximum Gasteiger partial charge on any atom is 0 e. The third-order valence-corrected chi connectivity index (χ3v) is 0. The first kappa shape index (κ1) is 51.6. The molecule has 38 valence electrons. The van der Waals surface area contributed by atoms with E-state index in [2.05, 4.69) is 0 Å². The molecular formula is H4Br4Cr. The van der Waals surface area contributed by atoms with E-state index >= 15 is 0 Å². The van der Waals surface area contributed by atoms with Crippen molar-refractivity contribution in [1.29, 1.82) is 0 Å². The Labute approximate surface area is 84.3 Å². The van der Waals surface area contributed by atoms with E-state index in [1.807, 2.05) is 0 Å². The van der Waals surface area contributed by atoms with E-state index in [0.29, 0.717) is 0 Å². The summed E-state index contributed by atoms with van der Waals surface area (Å²) < 4.78 is 0. The molecule has 5 heteroatoms. The molecule has 0 bridgehead atoms. The maximum atomic E-state index is 0. The van der Waals surface area contributed by atoms with Gasteiger partial charge in [0.25, 0.3) is 0 Å². The molecule has 0 saturated carbocycles. The van der Waals surface area contributed by atoms with Crippen LogP contribution in [0.25, 0.3) is 0 Å². The average molecular weight is 376 g/mol. The van der Waals surface area contributed by atoms with Crippen LogP contribution in [0.1, 0.15) is 0 Å². The Hall–Kier alpha value is 2.45. The largest absolute Gasteiger partial charge is 0.114 e. The Bertz CT molecular complexity index is 3.61. The molecule has 0 heterocycles. The molecule has 0 aliphatic carbocycles. The van der Waals surface area contributed by atoms with Gasteiger partial charge in [0, 0.05) is 17.4 Å². The van der Waals surface area contributed by atoms with Gasteiger partial charge in [-0.15, -0.1) is 67.9 Å². The second-order valence-corrected chi connectivity index (χ2v) is 0. The van der Waals surface area contributed by atoms with Gasteiger partial charge >= 0.3 is 0 Å². The van der Waals surface area contributed by atoms with E-state index < -0.39 is 0 Å². The quantitative estimate of drug-likeness (QED) is 0.609. The topological polar surface area (TPSA) is 0 Å². The first-order valence-electron chi connectivity index (χ1n) is 0. The molecule has 0 aliphatic heterocycles. The van der Waals surface area contributed by atoms with Crippen molar-refractivity contribution >= 4 is 67.9 Å². The van der Waals surface area contributed by atoms with Crippen LogP contribution < -0.4 is 0 Å². The number of hydrogen-bond donors (Lipinski definition) is 0. The van der Waals surface area contributed by atoms with E-state index in [4.69, 9.17) is 0 Å². The molecule has 0 rings (SSSR count). The Morgan fingerprint density at radius 1 is 0.400 bits per heavy atom. The second kappa shape index (κ2) is 31.9. The molecular weight excluding hydrogens is 372 g/mol. The van der Waals surface area contributed by atoms with Crippen molar-refractivity contribution in [2.75, 3.05) is 0 Å². The van der Waals surface area contributed by atoms with Crippen LogP contribution in [0.4, 0.5) is 0 Å². The Morgan fingerprint density at radius 2 is 0.400 bits per heavy atom. The predicted octanol–water partition coefficient (Wildman–Crippen LogP) is 2.31. The van der Waals surface area contributed by atoms with Gasteiger partial charge < -0.3 is 0 Å². The molecule has 0 unspecified atom stereocenters. The molecule has 0 saturated heterocycles. The monoisotopic (exact) mass is 372 g/mol. The Balaban J connectivity index is 0. The van der Waals surface area contributed by atoms with Gasteiger partial charge in [0.15, 0.2) is 0 Å². The molecule has 0 aromatic carbocycles. The summed E-state index contributed by atoms with van der Waals surface area (Å²) in [5.74, 6) is 0. The van der Waals surface area contributed by atoms with E-state index in [1.54, 1.807) is 0 Å². The van der Waals surface area contributed by atoms with Crippen LogP contribution in [-0.4, -0.2) is 0 Å². The summed E-state index contributed by atoms with van der Waals surface area (Å²) in [5, 5.41) is 0. The fourth-order valence-corrected chi connectivity index (χ4v) is 0. The van der Waals surface area contributed by atoms with Crippen molar-refractivity contribution < 1.29 is 17.4 Å². The van der Waals surface area contributed by atoms with Crippen LogP contribution in [0.5, 0.6) is 0 Å². The van der Waals surface area contributed by atoms with Gasteiger partial charge in [-0.05, 0) is 0 Å². The molecule has 0 aliphatic rings. The summed E-state index contributed by atoms with van der Waals surface area (Å²) in [5.41, 5.74) is 0. The van der Waals surface area contributed by atoms with E-state index in [9.17, 15) is 0 Å². The van der Waals surface area contributed by atoms with Crippen LogP contribution in [0, 0.1) is 0 Å². The van der Waals surface area contributed by atoms with E-state index in [0.717, 1.165) is 0 Å². The molecule has 0 atom stereocenters.